The van der Waals surface area contributed by atoms with Crippen LogP contribution in [0.1, 0.15) is 17.9 Å². The maximum atomic E-state index is 12.2. The van der Waals surface area contributed by atoms with Gasteiger partial charge in [0.05, 0.1) is 22.6 Å². The van der Waals surface area contributed by atoms with Crippen LogP contribution in [0, 0.1) is 17.0 Å². The van der Waals surface area contributed by atoms with Gasteiger partial charge in [-0.25, -0.2) is 4.68 Å². The number of aromatic nitrogens is 2. The molecule has 3 rings (SSSR count). The van der Waals surface area contributed by atoms with E-state index in [-0.39, 0.29) is 18.0 Å². The summed E-state index contributed by atoms with van der Waals surface area (Å²) in [4.78, 5) is 22.5. The predicted molar refractivity (Wildman–Crippen MR) is 90.6 cm³/mol. The molecule has 0 saturated carbocycles. The van der Waals surface area contributed by atoms with Crippen LogP contribution in [-0.4, -0.2) is 20.6 Å². The van der Waals surface area contributed by atoms with E-state index < -0.39 is 4.92 Å². The number of nitrogens with zero attached hydrogens (tertiary/aromatic N) is 3. The zero-order valence-corrected chi connectivity index (χ0v) is 13.5. The molecule has 0 aliphatic carbocycles. The lowest BCUT2D eigenvalue weighted by molar-refractivity contribution is -0.384. The quantitative estimate of drug-likeness (QED) is 0.548. The summed E-state index contributed by atoms with van der Waals surface area (Å²) in [5, 5.41) is 17.9. The van der Waals surface area contributed by atoms with Gasteiger partial charge in [-0.2, -0.15) is 5.10 Å². The molecule has 1 aromatic carbocycles. The predicted octanol–water partition coefficient (Wildman–Crippen LogP) is 3.25. The van der Waals surface area contributed by atoms with Crippen LogP contribution in [0.3, 0.4) is 0 Å². The zero-order valence-electron chi connectivity index (χ0n) is 13.5. The summed E-state index contributed by atoms with van der Waals surface area (Å²) in [6.07, 6.45) is 2.35. The normalized spacial score (nSPS) is 10.6. The van der Waals surface area contributed by atoms with Gasteiger partial charge in [-0.1, -0.05) is 0 Å². The summed E-state index contributed by atoms with van der Waals surface area (Å²) in [6, 6.07) is 11.3. The Bertz CT molecular complexity index is 882. The van der Waals surface area contributed by atoms with E-state index in [9.17, 15) is 14.9 Å². The Balaban J connectivity index is 1.74. The third-order valence-corrected chi connectivity index (χ3v) is 3.58. The van der Waals surface area contributed by atoms with Crippen molar-refractivity contribution in [3.8, 4) is 5.69 Å². The molecule has 0 bridgehead atoms. The average Bonchev–Trinajstić information content (AvgIpc) is 3.22. The Hall–Kier alpha value is -3.42. The number of anilines is 1. The zero-order chi connectivity index (χ0) is 17.8. The molecule has 3 aromatic rings. The monoisotopic (exact) mass is 340 g/mol. The van der Waals surface area contributed by atoms with Crippen LogP contribution in [-0.2, 0) is 11.2 Å². The van der Waals surface area contributed by atoms with E-state index in [1.165, 1.54) is 12.1 Å². The summed E-state index contributed by atoms with van der Waals surface area (Å²) in [6.45, 7) is 1.81. The van der Waals surface area contributed by atoms with Gasteiger partial charge < -0.3 is 9.73 Å². The number of aryl methyl sites for hydroxylation is 2. The van der Waals surface area contributed by atoms with Crippen molar-refractivity contribution in [2.75, 3.05) is 5.32 Å². The van der Waals surface area contributed by atoms with Gasteiger partial charge in [0, 0.05) is 31.0 Å². The number of carbonyl (C=O) groups is 1. The van der Waals surface area contributed by atoms with Crippen LogP contribution in [0.5, 0.6) is 0 Å². The number of benzene rings is 1. The van der Waals surface area contributed by atoms with Crippen LogP contribution in [0.2, 0.25) is 0 Å². The van der Waals surface area contributed by atoms with Crippen LogP contribution in [0.4, 0.5) is 11.5 Å². The van der Waals surface area contributed by atoms with Crippen molar-refractivity contribution in [1.82, 2.24) is 9.78 Å². The summed E-state index contributed by atoms with van der Waals surface area (Å²) in [5.41, 5.74) is 1.34. The van der Waals surface area contributed by atoms with Gasteiger partial charge in [-0.05, 0) is 31.2 Å². The first-order chi connectivity index (χ1) is 12.0. The number of nitro benzene ring substituents is 1. The van der Waals surface area contributed by atoms with Crippen LogP contribution < -0.4 is 5.32 Å². The van der Waals surface area contributed by atoms with Gasteiger partial charge in [-0.3, -0.25) is 14.9 Å². The second-order valence-corrected chi connectivity index (χ2v) is 5.48. The van der Waals surface area contributed by atoms with Gasteiger partial charge in [-0.15, -0.1) is 0 Å². The summed E-state index contributed by atoms with van der Waals surface area (Å²) in [7, 11) is 0. The van der Waals surface area contributed by atoms with E-state index in [1.807, 2.05) is 6.07 Å². The largest absolute Gasteiger partial charge is 0.469 e. The fourth-order valence-electron chi connectivity index (χ4n) is 2.40. The minimum atomic E-state index is -0.463. The number of hydrogen-bond acceptors (Lipinski definition) is 5. The van der Waals surface area contributed by atoms with Crippen molar-refractivity contribution in [3.05, 3.63) is 70.3 Å². The molecule has 0 aliphatic rings. The van der Waals surface area contributed by atoms with Crippen molar-refractivity contribution >= 4 is 17.4 Å². The minimum absolute atomic E-state index is 0.00309. The molecule has 0 atom stereocenters. The van der Waals surface area contributed by atoms with E-state index in [0.717, 1.165) is 11.5 Å². The van der Waals surface area contributed by atoms with Crippen molar-refractivity contribution in [2.45, 2.75) is 19.8 Å². The highest BCUT2D eigenvalue weighted by Gasteiger charge is 2.13. The Morgan fingerprint density at radius 2 is 2.08 bits per heavy atom. The van der Waals surface area contributed by atoms with Gasteiger partial charge in [0.15, 0.2) is 0 Å². The molecular weight excluding hydrogens is 324 g/mol. The molecule has 0 saturated heterocycles. The maximum absolute atomic E-state index is 12.2. The molecular formula is C17H16N4O4. The number of hydrogen-bond donors (Lipinski definition) is 1. The first-order valence-corrected chi connectivity index (χ1v) is 7.66. The number of amides is 1. The van der Waals surface area contributed by atoms with Crippen LogP contribution >= 0.6 is 0 Å². The second-order valence-electron chi connectivity index (χ2n) is 5.48. The van der Waals surface area contributed by atoms with Gasteiger partial charge >= 0.3 is 0 Å². The molecule has 0 radical (unpaired) electrons. The fraction of sp³-hybridized carbons (Fsp3) is 0.176. The number of carbonyl (C=O) groups excluding carboxylic acids is 1. The Morgan fingerprint density at radius 1 is 1.32 bits per heavy atom. The van der Waals surface area contributed by atoms with Crippen LogP contribution in [0.25, 0.3) is 5.69 Å². The molecule has 1 amide bonds. The number of furan rings is 1. The highest BCUT2D eigenvalue weighted by atomic mass is 16.6. The molecule has 2 heterocycles. The first kappa shape index (κ1) is 16.4. The second kappa shape index (κ2) is 7.00. The van der Waals surface area contributed by atoms with Crippen LogP contribution in [0.15, 0.2) is 53.1 Å². The molecule has 0 unspecified atom stereocenters. The van der Waals surface area contributed by atoms with E-state index in [1.54, 1.807) is 42.1 Å². The van der Waals surface area contributed by atoms with Gasteiger partial charge in [0.2, 0.25) is 5.91 Å². The van der Waals surface area contributed by atoms with E-state index in [0.29, 0.717) is 17.9 Å². The Kier molecular flexibility index (Phi) is 4.60. The molecule has 0 spiro atoms. The molecule has 8 nitrogen and oxygen atoms in total. The number of rotatable bonds is 6. The topological polar surface area (TPSA) is 103 Å². The highest BCUT2D eigenvalue weighted by Crippen LogP contribution is 2.20. The first-order valence-electron chi connectivity index (χ1n) is 7.66. The molecule has 2 aromatic heterocycles. The highest BCUT2D eigenvalue weighted by molar-refractivity contribution is 5.90. The van der Waals surface area contributed by atoms with Crippen molar-refractivity contribution in [1.29, 1.82) is 0 Å². The molecule has 25 heavy (non-hydrogen) atoms. The van der Waals surface area contributed by atoms with Crippen molar-refractivity contribution < 1.29 is 14.1 Å². The average molecular weight is 340 g/mol. The Labute approximate surface area is 143 Å². The summed E-state index contributed by atoms with van der Waals surface area (Å²) >= 11 is 0. The maximum Gasteiger partial charge on any atom is 0.269 e. The lowest BCUT2D eigenvalue weighted by atomic mass is 10.2. The minimum Gasteiger partial charge on any atom is -0.469 e. The van der Waals surface area contributed by atoms with Gasteiger partial charge in [0.25, 0.3) is 5.69 Å². The summed E-state index contributed by atoms with van der Waals surface area (Å²) in [5.74, 6) is 1.09. The van der Waals surface area contributed by atoms with E-state index in [4.69, 9.17) is 4.42 Å². The molecule has 1 N–H and O–H groups in total. The van der Waals surface area contributed by atoms with Crippen molar-refractivity contribution in [3.63, 3.8) is 0 Å². The Morgan fingerprint density at radius 3 is 2.72 bits per heavy atom. The molecule has 128 valence electrons. The summed E-state index contributed by atoms with van der Waals surface area (Å²) < 4.78 is 6.75. The number of non-ortho nitro benzene ring substituents is 1. The van der Waals surface area contributed by atoms with E-state index in [2.05, 4.69) is 10.4 Å². The number of nitro groups is 1. The smallest absolute Gasteiger partial charge is 0.269 e. The standard InChI is InChI=1S/C17H16N4O4/c1-12-11-16(18-17(22)9-8-15-3-2-10-25-15)20(19-12)13-4-6-14(7-5-13)21(23)24/h2-7,10-11H,8-9H2,1H3,(H,18,22). The third-order valence-electron chi connectivity index (χ3n) is 3.58. The van der Waals surface area contributed by atoms with Gasteiger partial charge in [0.1, 0.15) is 11.6 Å². The molecule has 0 aliphatic heterocycles. The lowest BCUT2D eigenvalue weighted by Gasteiger charge is -2.08. The lowest BCUT2D eigenvalue weighted by Crippen LogP contribution is -2.15. The molecule has 0 fully saturated rings. The number of nitrogens with one attached hydrogen (secondary N) is 1. The third kappa shape index (κ3) is 3.92. The SMILES string of the molecule is Cc1cc(NC(=O)CCc2ccco2)n(-c2ccc([N+](=O)[O-])cc2)n1. The fourth-order valence-corrected chi connectivity index (χ4v) is 2.40. The molecule has 8 heteroatoms. The van der Waals surface area contributed by atoms with Crippen molar-refractivity contribution in [2.24, 2.45) is 0 Å². The van der Waals surface area contributed by atoms with E-state index >= 15 is 0 Å².